The highest BCUT2D eigenvalue weighted by atomic mass is 16.5. The molecule has 0 saturated carbocycles. The van der Waals surface area contributed by atoms with Crippen molar-refractivity contribution in [3.63, 3.8) is 0 Å². The predicted octanol–water partition coefficient (Wildman–Crippen LogP) is 0.422. The molecule has 2 rings (SSSR count). The minimum atomic E-state index is -0.590. The van der Waals surface area contributed by atoms with Gasteiger partial charge >= 0.3 is 6.09 Å². The molecule has 1 aromatic heterocycles. The number of piperidine rings is 1. The summed E-state index contributed by atoms with van der Waals surface area (Å²) in [6.45, 7) is 4.99. The molecule has 0 spiro atoms. The Morgan fingerprint density at radius 3 is 2.52 bits per heavy atom. The molecule has 0 radical (unpaired) electrons. The first kappa shape index (κ1) is 19.2. The van der Waals surface area contributed by atoms with E-state index in [1.54, 1.807) is 4.90 Å². The molecule has 1 saturated heterocycles. The number of ether oxygens (including phenoxy) is 1. The van der Waals surface area contributed by atoms with Crippen LogP contribution in [0.3, 0.4) is 0 Å². The number of amides is 2. The Kier molecular flexibility index (Phi) is 6.74. The minimum Gasteiger partial charge on any atom is -0.453 e. The molecule has 1 aliphatic heterocycles. The molecule has 1 N–H and O–H groups in total. The number of carbonyl (C=O) groups is 2. The third-order valence-electron chi connectivity index (χ3n) is 4.41. The largest absolute Gasteiger partial charge is 0.453 e. The van der Waals surface area contributed by atoms with Gasteiger partial charge in [0, 0.05) is 25.6 Å². The molecule has 0 atom stereocenters. The van der Waals surface area contributed by atoms with Gasteiger partial charge in [-0.2, -0.15) is 0 Å². The quantitative estimate of drug-likeness (QED) is 0.798. The zero-order valence-electron chi connectivity index (χ0n) is 15.5. The van der Waals surface area contributed by atoms with E-state index in [0.717, 1.165) is 37.6 Å². The summed E-state index contributed by atoms with van der Waals surface area (Å²) in [5, 5.41) is 11.2. The van der Waals surface area contributed by atoms with E-state index < -0.39 is 6.09 Å². The van der Waals surface area contributed by atoms with Gasteiger partial charge in [-0.25, -0.2) is 4.79 Å². The fourth-order valence-electron chi connectivity index (χ4n) is 3.11. The van der Waals surface area contributed by atoms with Gasteiger partial charge in [0.1, 0.15) is 18.2 Å². The number of likely N-dealkylation sites (tertiary alicyclic amines) is 1. The van der Waals surface area contributed by atoms with Crippen molar-refractivity contribution >= 4 is 12.0 Å². The molecule has 9 nitrogen and oxygen atoms in total. The van der Waals surface area contributed by atoms with E-state index in [2.05, 4.69) is 36.6 Å². The van der Waals surface area contributed by atoms with Crippen molar-refractivity contribution < 1.29 is 14.3 Å². The number of rotatable bonds is 6. The van der Waals surface area contributed by atoms with Crippen LogP contribution in [-0.2, 0) is 22.6 Å². The number of alkyl carbamates (subject to hydrolysis) is 1. The molecule has 25 heavy (non-hydrogen) atoms. The first-order valence-corrected chi connectivity index (χ1v) is 8.62. The average Bonchev–Trinajstić information content (AvgIpc) is 3.01. The summed E-state index contributed by atoms with van der Waals surface area (Å²) >= 11 is 0. The molecule has 1 aliphatic rings. The first-order valence-electron chi connectivity index (χ1n) is 8.62. The Balaban J connectivity index is 1.92. The van der Waals surface area contributed by atoms with E-state index in [0.29, 0.717) is 19.0 Å². The summed E-state index contributed by atoms with van der Waals surface area (Å²) in [4.78, 5) is 27.0. The highest BCUT2D eigenvalue weighted by molar-refractivity contribution is 5.82. The number of nitrogens with zero attached hydrogens (tertiary/aromatic N) is 5. The van der Waals surface area contributed by atoms with E-state index in [1.165, 1.54) is 7.11 Å². The maximum absolute atomic E-state index is 12.1. The number of aromatic nitrogens is 3. The van der Waals surface area contributed by atoms with E-state index in [-0.39, 0.29) is 12.5 Å². The molecule has 0 aromatic carbocycles. The molecule has 9 heteroatoms. The maximum atomic E-state index is 12.1. The lowest BCUT2D eigenvalue weighted by Crippen LogP contribution is -2.44. The van der Waals surface area contributed by atoms with Crippen molar-refractivity contribution in [1.82, 2.24) is 29.9 Å². The van der Waals surface area contributed by atoms with Gasteiger partial charge in [0.2, 0.25) is 5.91 Å². The average molecular weight is 352 g/mol. The van der Waals surface area contributed by atoms with E-state index in [1.807, 2.05) is 14.1 Å². The predicted molar refractivity (Wildman–Crippen MR) is 92.0 cm³/mol. The third kappa shape index (κ3) is 4.91. The Morgan fingerprint density at radius 1 is 1.28 bits per heavy atom. The van der Waals surface area contributed by atoms with E-state index in [9.17, 15) is 9.59 Å². The Bertz CT molecular complexity index is 593. The van der Waals surface area contributed by atoms with Crippen LogP contribution in [0.15, 0.2) is 0 Å². The molecule has 0 unspecified atom stereocenters. The number of nitrogens with one attached hydrogen (secondary N) is 1. The fraction of sp³-hybridized carbons (Fsp3) is 0.750. The molecule has 1 fully saturated rings. The summed E-state index contributed by atoms with van der Waals surface area (Å²) in [5.74, 6) is 2.21. The highest BCUT2D eigenvalue weighted by Gasteiger charge is 2.28. The van der Waals surface area contributed by atoms with Crippen LogP contribution in [0.5, 0.6) is 0 Å². The van der Waals surface area contributed by atoms with Gasteiger partial charge in [-0.15, -0.1) is 10.2 Å². The van der Waals surface area contributed by atoms with Gasteiger partial charge in [-0.3, -0.25) is 4.79 Å². The number of methoxy groups -OCH3 is 1. The molecule has 2 amide bonds. The summed E-state index contributed by atoms with van der Waals surface area (Å²) in [7, 11) is 5.31. The molecule has 0 bridgehead atoms. The fourth-order valence-corrected chi connectivity index (χ4v) is 3.11. The lowest BCUT2D eigenvalue weighted by atomic mass is 9.95. The van der Waals surface area contributed by atoms with Crippen LogP contribution in [0.1, 0.15) is 37.3 Å². The summed E-state index contributed by atoms with van der Waals surface area (Å²) < 4.78 is 6.66. The second-order valence-electron chi connectivity index (χ2n) is 6.46. The van der Waals surface area contributed by atoms with Crippen molar-refractivity contribution in [2.24, 2.45) is 0 Å². The lowest BCUT2D eigenvalue weighted by molar-refractivity contribution is -0.131. The topological polar surface area (TPSA) is 92.6 Å². The van der Waals surface area contributed by atoms with Gasteiger partial charge in [0.15, 0.2) is 0 Å². The van der Waals surface area contributed by atoms with E-state index >= 15 is 0 Å². The zero-order valence-corrected chi connectivity index (χ0v) is 15.5. The van der Waals surface area contributed by atoms with Crippen molar-refractivity contribution in [3.8, 4) is 0 Å². The van der Waals surface area contributed by atoms with Crippen molar-refractivity contribution in [2.75, 3.05) is 40.8 Å². The van der Waals surface area contributed by atoms with Crippen molar-refractivity contribution in [2.45, 2.75) is 38.8 Å². The minimum absolute atomic E-state index is 0.0323. The monoisotopic (exact) mass is 352 g/mol. The zero-order chi connectivity index (χ0) is 18.4. The molecule has 1 aromatic rings. The maximum Gasteiger partial charge on any atom is 0.407 e. The van der Waals surface area contributed by atoms with Crippen LogP contribution >= 0.6 is 0 Å². The van der Waals surface area contributed by atoms with Gasteiger partial charge in [0.25, 0.3) is 0 Å². The summed E-state index contributed by atoms with van der Waals surface area (Å²) in [5.41, 5.74) is 0. The van der Waals surface area contributed by atoms with Crippen LogP contribution in [0.2, 0.25) is 0 Å². The van der Waals surface area contributed by atoms with E-state index in [4.69, 9.17) is 0 Å². The van der Waals surface area contributed by atoms with Gasteiger partial charge in [-0.05, 0) is 33.9 Å². The smallest absolute Gasteiger partial charge is 0.407 e. The van der Waals surface area contributed by atoms with Crippen LogP contribution in [0, 0.1) is 0 Å². The molecule has 0 aliphatic carbocycles. The molecular weight excluding hydrogens is 324 g/mol. The van der Waals surface area contributed by atoms with Crippen molar-refractivity contribution in [3.05, 3.63) is 11.6 Å². The lowest BCUT2D eigenvalue weighted by Gasteiger charge is -2.31. The van der Waals surface area contributed by atoms with Crippen LogP contribution in [0.4, 0.5) is 4.79 Å². The van der Waals surface area contributed by atoms with Crippen LogP contribution in [-0.4, -0.2) is 77.4 Å². The normalized spacial score (nSPS) is 15.5. The highest BCUT2D eigenvalue weighted by Crippen LogP contribution is 2.27. The van der Waals surface area contributed by atoms with Gasteiger partial charge in [-0.1, -0.05) is 0 Å². The van der Waals surface area contributed by atoms with Crippen molar-refractivity contribution in [1.29, 1.82) is 0 Å². The van der Waals surface area contributed by atoms with Crippen LogP contribution in [0.25, 0.3) is 0 Å². The van der Waals surface area contributed by atoms with Gasteiger partial charge < -0.3 is 24.4 Å². The number of hydrogen-bond acceptors (Lipinski definition) is 6. The third-order valence-corrected chi connectivity index (χ3v) is 4.41. The molecular formula is C16H28N6O3. The summed E-state index contributed by atoms with van der Waals surface area (Å²) in [6.07, 6.45) is 1.11. The Labute approximate surface area is 148 Å². The number of carbonyl (C=O) groups excluding carboxylic acids is 2. The molecule has 140 valence electrons. The molecule has 2 heterocycles. The first-order chi connectivity index (χ1) is 12.0. The number of hydrogen-bond donors (Lipinski definition) is 1. The van der Waals surface area contributed by atoms with Gasteiger partial charge in [0.05, 0.1) is 13.7 Å². The second-order valence-corrected chi connectivity index (χ2v) is 6.46. The SMILES string of the molecule is CCn1c(CN(C)C)nnc1C1CCN(C(=O)CNC(=O)OC)CC1. The Hall–Kier alpha value is -2.16. The Morgan fingerprint density at radius 2 is 1.96 bits per heavy atom. The summed E-state index contributed by atoms with van der Waals surface area (Å²) in [6, 6.07) is 0. The standard InChI is InChI=1S/C16H28N6O3/c1-5-22-13(11-20(2)3)18-19-15(22)12-6-8-21(9-7-12)14(23)10-17-16(24)25-4/h12H,5-11H2,1-4H3,(H,17,24). The second kappa shape index (κ2) is 8.80. The van der Waals surface area contributed by atoms with Crippen LogP contribution < -0.4 is 5.32 Å².